The van der Waals surface area contributed by atoms with E-state index >= 15 is 0 Å². The highest BCUT2D eigenvalue weighted by Gasteiger charge is 2.53. The van der Waals surface area contributed by atoms with Gasteiger partial charge in [0.15, 0.2) is 0 Å². The average molecular weight is 283 g/mol. The second-order valence-corrected chi connectivity index (χ2v) is 6.28. The van der Waals surface area contributed by atoms with Crippen molar-refractivity contribution in [2.45, 2.75) is 25.7 Å². The number of rotatable bonds is 5. The molecule has 0 unspecified atom stereocenters. The molecular formula is C16H17N3O2. The summed E-state index contributed by atoms with van der Waals surface area (Å²) in [7, 11) is 0. The number of aromatic nitrogens is 1. The molecule has 0 amide bonds. The van der Waals surface area contributed by atoms with Crippen molar-refractivity contribution in [3.05, 3.63) is 40.6 Å². The fourth-order valence-corrected chi connectivity index (χ4v) is 3.32. The maximum atomic E-state index is 11.1. The molecule has 0 saturated heterocycles. The first kappa shape index (κ1) is 12.6. The summed E-state index contributed by atoms with van der Waals surface area (Å²) in [4.78, 5) is 14.9. The van der Waals surface area contributed by atoms with Crippen molar-refractivity contribution in [3.63, 3.8) is 0 Å². The molecule has 2 aromatic rings. The van der Waals surface area contributed by atoms with E-state index in [2.05, 4.69) is 10.3 Å². The minimum atomic E-state index is -0.369. The Labute approximate surface area is 122 Å². The molecular weight excluding hydrogens is 266 g/mol. The molecule has 108 valence electrons. The third-order valence-electron chi connectivity index (χ3n) is 4.91. The van der Waals surface area contributed by atoms with Gasteiger partial charge in [-0.2, -0.15) is 0 Å². The predicted octanol–water partition coefficient (Wildman–Crippen LogP) is 3.75. The Balaban J connectivity index is 1.66. The van der Waals surface area contributed by atoms with E-state index in [1.807, 2.05) is 12.1 Å². The van der Waals surface area contributed by atoms with Crippen LogP contribution in [0.25, 0.3) is 10.9 Å². The maximum Gasteiger partial charge on any atom is 0.295 e. The Morgan fingerprint density at radius 2 is 2.14 bits per heavy atom. The van der Waals surface area contributed by atoms with Crippen LogP contribution in [0.3, 0.4) is 0 Å². The van der Waals surface area contributed by atoms with Crippen LogP contribution >= 0.6 is 0 Å². The van der Waals surface area contributed by atoms with Gasteiger partial charge in [-0.05, 0) is 43.1 Å². The highest BCUT2D eigenvalue weighted by Crippen LogP contribution is 2.61. The van der Waals surface area contributed by atoms with Crippen LogP contribution in [-0.2, 0) is 0 Å². The standard InChI is InChI=1S/C16H17N3O2/c20-19(21)14-3-1-2-12-13(6-9-17-15(12)14)18-10-16(7-8-16)11-4-5-11/h1-3,6,9,11H,4-5,7-8,10H2,(H,17,18). The van der Waals surface area contributed by atoms with Crippen molar-refractivity contribution < 1.29 is 4.92 Å². The topological polar surface area (TPSA) is 68.1 Å². The van der Waals surface area contributed by atoms with Crippen LogP contribution in [0.1, 0.15) is 25.7 Å². The smallest absolute Gasteiger partial charge is 0.295 e. The van der Waals surface area contributed by atoms with Crippen molar-refractivity contribution >= 4 is 22.3 Å². The van der Waals surface area contributed by atoms with Crippen LogP contribution in [0.2, 0.25) is 0 Å². The molecule has 5 nitrogen and oxygen atoms in total. The molecule has 2 aliphatic carbocycles. The number of benzene rings is 1. The van der Waals surface area contributed by atoms with E-state index in [0.717, 1.165) is 23.5 Å². The van der Waals surface area contributed by atoms with Gasteiger partial charge >= 0.3 is 0 Å². The largest absolute Gasteiger partial charge is 0.384 e. The van der Waals surface area contributed by atoms with Gasteiger partial charge in [-0.25, -0.2) is 4.98 Å². The van der Waals surface area contributed by atoms with Gasteiger partial charge in [0.2, 0.25) is 0 Å². The second-order valence-electron chi connectivity index (χ2n) is 6.28. The van der Waals surface area contributed by atoms with Crippen LogP contribution in [0.5, 0.6) is 0 Å². The number of fused-ring (bicyclic) bond motifs is 1. The van der Waals surface area contributed by atoms with Crippen molar-refractivity contribution in [1.82, 2.24) is 4.98 Å². The number of hydrogen-bond acceptors (Lipinski definition) is 4. The lowest BCUT2D eigenvalue weighted by atomic mass is 10.0. The molecule has 0 bridgehead atoms. The summed E-state index contributed by atoms with van der Waals surface area (Å²) in [5, 5.41) is 15.4. The molecule has 4 rings (SSSR count). The number of nitro groups is 1. The molecule has 1 aromatic carbocycles. The van der Waals surface area contributed by atoms with Crippen molar-refractivity contribution in [3.8, 4) is 0 Å². The van der Waals surface area contributed by atoms with Crippen molar-refractivity contribution in [2.75, 3.05) is 11.9 Å². The lowest BCUT2D eigenvalue weighted by Gasteiger charge is -2.17. The summed E-state index contributed by atoms with van der Waals surface area (Å²) < 4.78 is 0. The van der Waals surface area contributed by atoms with Gasteiger partial charge in [0.25, 0.3) is 5.69 Å². The Kier molecular flexibility index (Phi) is 2.64. The molecule has 2 saturated carbocycles. The highest BCUT2D eigenvalue weighted by molar-refractivity contribution is 5.96. The molecule has 21 heavy (non-hydrogen) atoms. The molecule has 1 aromatic heterocycles. The first-order valence-electron chi connectivity index (χ1n) is 7.46. The molecule has 5 heteroatoms. The van der Waals surface area contributed by atoms with Crippen LogP contribution < -0.4 is 5.32 Å². The summed E-state index contributed by atoms with van der Waals surface area (Å²) in [6.45, 7) is 0.972. The van der Waals surface area contributed by atoms with E-state index < -0.39 is 0 Å². The molecule has 0 atom stereocenters. The monoisotopic (exact) mass is 283 g/mol. The normalized spacial score (nSPS) is 19.4. The number of anilines is 1. The Hall–Kier alpha value is -2.17. The summed E-state index contributed by atoms with van der Waals surface area (Å²) in [6.07, 6.45) is 7.00. The minimum Gasteiger partial charge on any atom is -0.384 e. The third-order valence-corrected chi connectivity index (χ3v) is 4.91. The van der Waals surface area contributed by atoms with Crippen LogP contribution in [0, 0.1) is 21.4 Å². The maximum absolute atomic E-state index is 11.1. The summed E-state index contributed by atoms with van der Waals surface area (Å²) >= 11 is 0. The van der Waals surface area contributed by atoms with Gasteiger partial charge in [0.1, 0.15) is 5.52 Å². The molecule has 0 radical (unpaired) electrons. The van der Waals surface area contributed by atoms with Gasteiger partial charge in [0, 0.05) is 29.9 Å². The SMILES string of the molecule is O=[N+]([O-])c1cccc2c(NCC3(C4CC4)CC3)ccnc12. The van der Waals surface area contributed by atoms with Crippen molar-refractivity contribution in [2.24, 2.45) is 11.3 Å². The number of nitrogens with zero attached hydrogens (tertiary/aromatic N) is 2. The molecule has 2 aliphatic rings. The summed E-state index contributed by atoms with van der Waals surface area (Å²) in [5.74, 6) is 0.896. The van der Waals surface area contributed by atoms with Gasteiger partial charge in [-0.15, -0.1) is 0 Å². The summed E-state index contributed by atoms with van der Waals surface area (Å²) in [6, 6.07) is 7.04. The number of para-hydroxylation sites is 1. The average Bonchev–Trinajstić information content (AvgIpc) is 3.37. The quantitative estimate of drug-likeness (QED) is 0.670. The van der Waals surface area contributed by atoms with E-state index in [9.17, 15) is 10.1 Å². The molecule has 2 fully saturated rings. The zero-order valence-corrected chi connectivity index (χ0v) is 11.7. The number of nitrogens with one attached hydrogen (secondary N) is 1. The lowest BCUT2D eigenvalue weighted by molar-refractivity contribution is -0.383. The summed E-state index contributed by atoms with van der Waals surface area (Å²) in [5.41, 5.74) is 1.98. The fourth-order valence-electron chi connectivity index (χ4n) is 3.32. The Bertz CT molecular complexity index is 721. The van der Waals surface area contributed by atoms with Crippen molar-refractivity contribution in [1.29, 1.82) is 0 Å². The minimum absolute atomic E-state index is 0.0690. The molecule has 1 heterocycles. The molecule has 0 spiro atoms. The molecule has 0 aliphatic heterocycles. The number of nitro benzene ring substituents is 1. The van der Waals surface area contributed by atoms with Crippen LogP contribution in [0.4, 0.5) is 11.4 Å². The zero-order chi connectivity index (χ0) is 14.4. The first-order valence-corrected chi connectivity index (χ1v) is 7.46. The third kappa shape index (κ3) is 2.13. The van der Waals surface area contributed by atoms with Gasteiger partial charge in [0.05, 0.1) is 4.92 Å². The van der Waals surface area contributed by atoms with E-state index in [1.54, 1.807) is 12.3 Å². The molecule has 1 N–H and O–H groups in total. The number of hydrogen-bond donors (Lipinski definition) is 1. The second kappa shape index (κ2) is 4.41. The lowest BCUT2D eigenvalue weighted by Crippen LogP contribution is -2.17. The fraction of sp³-hybridized carbons (Fsp3) is 0.438. The van der Waals surface area contributed by atoms with E-state index in [-0.39, 0.29) is 10.6 Å². The van der Waals surface area contributed by atoms with Gasteiger partial charge in [-0.1, -0.05) is 12.1 Å². The van der Waals surface area contributed by atoms with Gasteiger partial charge < -0.3 is 5.32 Å². The van der Waals surface area contributed by atoms with Crippen LogP contribution in [0.15, 0.2) is 30.5 Å². The Morgan fingerprint density at radius 1 is 1.33 bits per heavy atom. The van der Waals surface area contributed by atoms with E-state index in [4.69, 9.17) is 0 Å². The Morgan fingerprint density at radius 3 is 2.81 bits per heavy atom. The van der Waals surface area contributed by atoms with Crippen LogP contribution in [-0.4, -0.2) is 16.5 Å². The van der Waals surface area contributed by atoms with E-state index in [1.165, 1.54) is 31.7 Å². The number of non-ortho nitro benzene ring substituents is 1. The highest BCUT2D eigenvalue weighted by atomic mass is 16.6. The predicted molar refractivity (Wildman–Crippen MR) is 81.3 cm³/mol. The first-order chi connectivity index (χ1) is 10.2. The van der Waals surface area contributed by atoms with E-state index in [0.29, 0.717) is 10.9 Å². The number of pyridine rings is 1. The zero-order valence-electron chi connectivity index (χ0n) is 11.7. The van der Waals surface area contributed by atoms with Gasteiger partial charge in [-0.3, -0.25) is 10.1 Å².